The molecule has 0 saturated heterocycles. The molecule has 2 aliphatic rings. The molecule has 164 valence electrons. The molecule has 30 heavy (non-hydrogen) atoms. The summed E-state index contributed by atoms with van der Waals surface area (Å²) in [6.07, 6.45) is 13.8. The van der Waals surface area contributed by atoms with Crippen molar-refractivity contribution in [3.8, 4) is 0 Å². The number of nitrogens with zero attached hydrogens (tertiary/aromatic N) is 3. The molecule has 2 aromatic heterocycles. The minimum absolute atomic E-state index is 0.570. The molecule has 1 aliphatic heterocycles. The van der Waals surface area contributed by atoms with Crippen molar-refractivity contribution in [3.63, 3.8) is 0 Å². The lowest BCUT2D eigenvalue weighted by molar-refractivity contribution is 0.451. The topological polar surface area (TPSA) is 66.8 Å². The van der Waals surface area contributed by atoms with Gasteiger partial charge in [0.15, 0.2) is 0 Å². The van der Waals surface area contributed by atoms with Crippen LogP contribution in [0.4, 0.5) is 5.82 Å². The van der Waals surface area contributed by atoms with E-state index < -0.39 is 0 Å². The molecule has 6 heteroatoms. The van der Waals surface area contributed by atoms with Gasteiger partial charge in [0.25, 0.3) is 0 Å². The van der Waals surface area contributed by atoms with E-state index in [-0.39, 0.29) is 0 Å². The molecule has 1 fully saturated rings. The van der Waals surface area contributed by atoms with E-state index in [2.05, 4.69) is 45.2 Å². The Balaban J connectivity index is 1.27. The third-order valence-electron chi connectivity index (χ3n) is 6.63. The summed E-state index contributed by atoms with van der Waals surface area (Å²) >= 11 is 0. The van der Waals surface area contributed by atoms with Crippen molar-refractivity contribution < 1.29 is 0 Å². The van der Waals surface area contributed by atoms with Gasteiger partial charge in [-0.1, -0.05) is 5.57 Å². The Hall–Kier alpha value is -1.92. The number of hydrogen-bond donors (Lipinski definition) is 3. The van der Waals surface area contributed by atoms with Crippen molar-refractivity contribution in [2.24, 2.45) is 5.92 Å². The Morgan fingerprint density at radius 2 is 2.10 bits per heavy atom. The summed E-state index contributed by atoms with van der Waals surface area (Å²) in [7, 11) is 0. The molecule has 0 bridgehead atoms. The highest BCUT2D eigenvalue weighted by molar-refractivity contribution is 5.91. The predicted molar refractivity (Wildman–Crippen MR) is 125 cm³/mol. The number of rotatable bonds is 10. The first kappa shape index (κ1) is 21.3. The molecule has 1 unspecified atom stereocenters. The van der Waals surface area contributed by atoms with Crippen LogP contribution in [0.3, 0.4) is 0 Å². The maximum Gasteiger partial charge on any atom is 0.146 e. The highest BCUT2D eigenvalue weighted by Gasteiger charge is 2.28. The van der Waals surface area contributed by atoms with Gasteiger partial charge in [-0.25, -0.2) is 9.97 Å². The van der Waals surface area contributed by atoms with Crippen molar-refractivity contribution in [3.05, 3.63) is 30.2 Å². The van der Waals surface area contributed by atoms with Crippen molar-refractivity contribution in [1.29, 1.82) is 0 Å². The maximum absolute atomic E-state index is 4.69. The molecule has 1 saturated carbocycles. The van der Waals surface area contributed by atoms with E-state index in [9.17, 15) is 0 Å². The van der Waals surface area contributed by atoms with Crippen LogP contribution in [0.1, 0.15) is 63.5 Å². The molecular formula is C24H38N6. The zero-order chi connectivity index (χ0) is 20.8. The summed E-state index contributed by atoms with van der Waals surface area (Å²) < 4.78 is 2.47. The van der Waals surface area contributed by atoms with Crippen LogP contribution in [0.2, 0.25) is 0 Å². The van der Waals surface area contributed by atoms with E-state index in [4.69, 9.17) is 4.98 Å². The zero-order valence-corrected chi connectivity index (χ0v) is 18.6. The second-order valence-corrected chi connectivity index (χ2v) is 9.21. The molecule has 3 heterocycles. The number of aryl methyl sites for hydroxylation is 1. The van der Waals surface area contributed by atoms with Crippen LogP contribution in [0.15, 0.2) is 24.7 Å². The standard InChI is InChI=1S/C24H38N6/c1-18(2)9-13-25-10-5-11-26-15-19-7-8-21(14-19)30-16-20-6-3-4-12-27-23-22(20)24(30)29-17-28-23/h16-17,19,21,25-26H,1,3-15H2,2H3,(H,27,28,29)/t19?,21-/m0/s1. The van der Waals surface area contributed by atoms with Crippen LogP contribution >= 0.6 is 0 Å². The summed E-state index contributed by atoms with van der Waals surface area (Å²) in [6.45, 7) is 11.4. The molecule has 0 aromatic carbocycles. The molecule has 0 radical (unpaired) electrons. The van der Waals surface area contributed by atoms with Crippen LogP contribution in [0, 0.1) is 5.92 Å². The zero-order valence-electron chi connectivity index (χ0n) is 18.6. The fraction of sp³-hybridized carbons (Fsp3) is 0.667. The lowest BCUT2D eigenvalue weighted by atomic mass is 10.1. The van der Waals surface area contributed by atoms with Crippen molar-refractivity contribution >= 4 is 16.9 Å². The fourth-order valence-corrected chi connectivity index (χ4v) is 4.97. The number of nitrogens with one attached hydrogen (secondary N) is 3. The van der Waals surface area contributed by atoms with Crippen LogP contribution in [-0.2, 0) is 6.42 Å². The summed E-state index contributed by atoms with van der Waals surface area (Å²) in [5.74, 6) is 1.80. The first-order valence-electron chi connectivity index (χ1n) is 11.9. The van der Waals surface area contributed by atoms with Gasteiger partial charge in [0.05, 0.1) is 5.39 Å². The second kappa shape index (κ2) is 10.4. The lowest BCUT2D eigenvalue weighted by Crippen LogP contribution is -2.26. The first-order valence-corrected chi connectivity index (χ1v) is 11.9. The smallest absolute Gasteiger partial charge is 0.146 e. The lowest BCUT2D eigenvalue weighted by Gasteiger charge is -2.15. The Morgan fingerprint density at radius 1 is 1.20 bits per heavy atom. The number of anilines is 1. The van der Waals surface area contributed by atoms with Gasteiger partial charge in [-0.05, 0) is 96.0 Å². The molecule has 2 atom stereocenters. The third kappa shape index (κ3) is 5.22. The summed E-state index contributed by atoms with van der Waals surface area (Å²) in [6, 6.07) is 0.570. The van der Waals surface area contributed by atoms with Gasteiger partial charge in [-0.2, -0.15) is 0 Å². The largest absolute Gasteiger partial charge is 0.369 e. The molecule has 3 N–H and O–H groups in total. The van der Waals surface area contributed by atoms with Gasteiger partial charge >= 0.3 is 0 Å². The van der Waals surface area contributed by atoms with E-state index in [1.165, 1.54) is 55.0 Å². The third-order valence-corrected chi connectivity index (χ3v) is 6.63. The van der Waals surface area contributed by atoms with Crippen molar-refractivity contribution in [2.45, 2.75) is 64.3 Å². The Kier molecular flexibility index (Phi) is 7.39. The van der Waals surface area contributed by atoms with E-state index in [1.807, 2.05) is 0 Å². The molecule has 1 aliphatic carbocycles. The molecule has 4 rings (SSSR count). The van der Waals surface area contributed by atoms with E-state index in [1.54, 1.807) is 6.33 Å². The van der Waals surface area contributed by atoms with E-state index >= 15 is 0 Å². The van der Waals surface area contributed by atoms with Crippen LogP contribution in [0.5, 0.6) is 0 Å². The summed E-state index contributed by atoms with van der Waals surface area (Å²) in [4.78, 5) is 9.22. The van der Waals surface area contributed by atoms with Gasteiger partial charge in [0.2, 0.25) is 0 Å². The normalized spacial score (nSPS) is 21.4. The van der Waals surface area contributed by atoms with Gasteiger partial charge in [0, 0.05) is 18.8 Å². The minimum Gasteiger partial charge on any atom is -0.369 e. The first-order chi connectivity index (χ1) is 14.7. The maximum atomic E-state index is 4.69. The molecule has 0 spiro atoms. The average molecular weight is 411 g/mol. The Morgan fingerprint density at radius 3 is 3.00 bits per heavy atom. The highest BCUT2D eigenvalue weighted by Crippen LogP contribution is 2.38. The second-order valence-electron chi connectivity index (χ2n) is 9.21. The summed E-state index contributed by atoms with van der Waals surface area (Å²) in [5.41, 5.74) is 3.81. The SMILES string of the molecule is C=C(C)CCNCCCNCC1CC[C@H](n2cc3c4c(ncnc42)NCCCC3)C1. The van der Waals surface area contributed by atoms with Crippen LogP contribution in [-0.4, -0.2) is 47.3 Å². The van der Waals surface area contributed by atoms with Crippen molar-refractivity contribution in [1.82, 2.24) is 25.2 Å². The molecule has 0 amide bonds. The van der Waals surface area contributed by atoms with Gasteiger partial charge < -0.3 is 20.5 Å². The average Bonchev–Trinajstić information content (AvgIpc) is 3.32. The Bertz CT molecular complexity index is 842. The molecule has 2 aromatic rings. The predicted octanol–water partition coefficient (Wildman–Crippen LogP) is 4.06. The minimum atomic E-state index is 0.570. The summed E-state index contributed by atoms with van der Waals surface area (Å²) in [5, 5.41) is 12.0. The van der Waals surface area contributed by atoms with Gasteiger partial charge in [0.1, 0.15) is 17.8 Å². The Labute approximate surface area is 180 Å². The van der Waals surface area contributed by atoms with Gasteiger partial charge in [-0.15, -0.1) is 6.58 Å². The van der Waals surface area contributed by atoms with E-state index in [0.717, 1.165) is 62.9 Å². The van der Waals surface area contributed by atoms with Crippen molar-refractivity contribution in [2.75, 3.05) is 38.0 Å². The van der Waals surface area contributed by atoms with Crippen LogP contribution < -0.4 is 16.0 Å². The van der Waals surface area contributed by atoms with Gasteiger partial charge in [-0.3, -0.25) is 0 Å². The van der Waals surface area contributed by atoms with E-state index in [0.29, 0.717) is 6.04 Å². The monoisotopic (exact) mass is 410 g/mol. The molecular weight excluding hydrogens is 372 g/mol. The van der Waals surface area contributed by atoms with Crippen LogP contribution in [0.25, 0.3) is 11.0 Å². The fourth-order valence-electron chi connectivity index (χ4n) is 4.97. The number of hydrogen-bond acceptors (Lipinski definition) is 5. The number of aromatic nitrogens is 3. The quantitative estimate of drug-likeness (QED) is 0.407. The molecule has 6 nitrogen and oxygen atoms in total. The highest BCUT2D eigenvalue weighted by atomic mass is 15.1.